The number of carbonyl (C=O) groups excluding carboxylic acids is 1. The van der Waals surface area contributed by atoms with Crippen LogP contribution in [-0.2, 0) is 31.9 Å². The van der Waals surface area contributed by atoms with Gasteiger partial charge in [-0.05, 0) is 81.5 Å². The molecular weight excluding hydrogens is 727 g/mol. The molecule has 0 unspecified atom stereocenters. The van der Waals surface area contributed by atoms with Crippen molar-refractivity contribution in [3.8, 4) is 28.3 Å². The van der Waals surface area contributed by atoms with Crippen LogP contribution in [-0.4, -0.2) is 55.1 Å². The highest BCUT2D eigenvalue weighted by atomic mass is 35.5. The second kappa shape index (κ2) is 13.5. The second-order valence-electron chi connectivity index (χ2n) is 15.2. The van der Waals surface area contributed by atoms with E-state index in [0.717, 1.165) is 85.8 Å². The Morgan fingerprint density at radius 1 is 0.963 bits per heavy atom. The first-order valence-electron chi connectivity index (χ1n) is 18.2. The van der Waals surface area contributed by atoms with Gasteiger partial charge in [0.25, 0.3) is 5.56 Å². The number of nitrogens with one attached hydrogen (secondary N) is 1. The Labute approximate surface area is 322 Å². The van der Waals surface area contributed by atoms with Gasteiger partial charge in [0.2, 0.25) is 11.8 Å². The minimum atomic E-state index is -0.520. The molecule has 0 atom stereocenters. The summed E-state index contributed by atoms with van der Waals surface area (Å²) < 4.78 is 8.19. The molecule has 1 amide bonds. The Hall–Kier alpha value is -4.78. The number of nitrogens with zero attached hydrogens (tertiary/aromatic N) is 6. The molecule has 54 heavy (non-hydrogen) atoms. The number of fused-ring (bicyclic) bond motifs is 4. The van der Waals surface area contributed by atoms with Crippen molar-refractivity contribution in [1.29, 1.82) is 0 Å². The SMILES string of the molecule is COc1nc(-c2cccc(-c3cccc(Nc4nc(C)nc5c4c(=O)n(C)c(=O)n5C)c3Cl)c2Cl)cc2c1CCN(CCC13CCC(C(N)=O)(CC1)C3)C2. The van der Waals surface area contributed by atoms with Crippen LogP contribution in [0.4, 0.5) is 11.5 Å². The van der Waals surface area contributed by atoms with Crippen LogP contribution < -0.4 is 27.0 Å². The van der Waals surface area contributed by atoms with Crippen molar-refractivity contribution in [2.24, 2.45) is 30.7 Å². The number of nitrogens with two attached hydrogens (primary N) is 1. The van der Waals surface area contributed by atoms with E-state index in [0.29, 0.717) is 44.3 Å². The highest BCUT2D eigenvalue weighted by Crippen LogP contribution is 2.63. The van der Waals surface area contributed by atoms with Crippen molar-refractivity contribution in [2.75, 3.05) is 25.5 Å². The molecule has 5 aromatic rings. The number of methoxy groups -OCH3 is 1. The molecule has 3 aromatic heterocycles. The van der Waals surface area contributed by atoms with Crippen LogP contribution in [0.5, 0.6) is 5.88 Å². The number of aryl methyl sites for hydroxylation is 2. The Kier molecular flexibility index (Phi) is 9.06. The maximum Gasteiger partial charge on any atom is 0.332 e. The third-order valence-electron chi connectivity index (χ3n) is 12.1. The van der Waals surface area contributed by atoms with Gasteiger partial charge in [0, 0.05) is 54.9 Å². The quantitative estimate of drug-likeness (QED) is 0.176. The molecule has 0 saturated heterocycles. The van der Waals surface area contributed by atoms with Gasteiger partial charge < -0.3 is 15.8 Å². The molecule has 1 aliphatic heterocycles. The van der Waals surface area contributed by atoms with Gasteiger partial charge in [-0.2, -0.15) is 0 Å². The lowest BCUT2D eigenvalue weighted by Crippen LogP contribution is -2.37. The van der Waals surface area contributed by atoms with Crippen molar-refractivity contribution in [2.45, 2.75) is 58.4 Å². The smallest absolute Gasteiger partial charge is 0.332 e. The van der Waals surface area contributed by atoms with E-state index in [1.165, 1.54) is 11.6 Å². The Balaban J connectivity index is 1.09. The summed E-state index contributed by atoms with van der Waals surface area (Å²) in [5.41, 5.74) is 10.5. The highest BCUT2D eigenvalue weighted by Gasteiger charge is 2.56. The number of primary amides is 1. The molecule has 2 aromatic carbocycles. The van der Waals surface area contributed by atoms with E-state index in [9.17, 15) is 14.4 Å². The number of hydrogen-bond acceptors (Lipinski definition) is 9. The topological polar surface area (TPSA) is 150 Å². The molecule has 3 N–H and O–H groups in total. The number of anilines is 2. The van der Waals surface area contributed by atoms with Gasteiger partial charge in [-0.3, -0.25) is 23.6 Å². The summed E-state index contributed by atoms with van der Waals surface area (Å²) in [5, 5.41) is 4.24. The lowest BCUT2D eigenvalue weighted by molar-refractivity contribution is -0.127. The number of pyridine rings is 1. The van der Waals surface area contributed by atoms with Crippen molar-refractivity contribution in [3.63, 3.8) is 0 Å². The summed E-state index contributed by atoms with van der Waals surface area (Å²) >= 11 is 14.3. The molecule has 2 saturated carbocycles. The zero-order valence-electron chi connectivity index (χ0n) is 30.8. The Morgan fingerprint density at radius 3 is 2.37 bits per heavy atom. The summed E-state index contributed by atoms with van der Waals surface area (Å²) in [6.07, 6.45) is 6.84. The van der Waals surface area contributed by atoms with Crippen LogP contribution >= 0.6 is 23.2 Å². The lowest BCUT2D eigenvalue weighted by atomic mass is 9.80. The Bertz CT molecular complexity index is 2490. The van der Waals surface area contributed by atoms with Gasteiger partial charge in [0.1, 0.15) is 17.0 Å². The van der Waals surface area contributed by atoms with Crippen molar-refractivity contribution in [1.82, 2.24) is 29.0 Å². The fourth-order valence-electron chi connectivity index (χ4n) is 9.05. The minimum Gasteiger partial charge on any atom is -0.481 e. The average Bonchev–Trinajstić information content (AvgIpc) is 3.74. The molecule has 12 nitrogen and oxygen atoms in total. The van der Waals surface area contributed by atoms with E-state index < -0.39 is 11.2 Å². The van der Waals surface area contributed by atoms with Crippen molar-refractivity contribution in [3.05, 3.63) is 90.3 Å². The maximum atomic E-state index is 13.3. The van der Waals surface area contributed by atoms with E-state index in [4.69, 9.17) is 38.7 Å². The number of rotatable bonds is 9. The number of ether oxygens (including phenoxy) is 1. The predicted molar refractivity (Wildman–Crippen MR) is 210 cm³/mol. The van der Waals surface area contributed by atoms with Gasteiger partial charge in [-0.15, -0.1) is 0 Å². The number of amides is 1. The van der Waals surface area contributed by atoms with E-state index >= 15 is 0 Å². The van der Waals surface area contributed by atoms with E-state index in [2.05, 4.69) is 26.3 Å². The molecule has 0 spiro atoms. The summed E-state index contributed by atoms with van der Waals surface area (Å²) in [6.45, 7) is 4.34. The van der Waals surface area contributed by atoms with Crippen LogP contribution in [0.25, 0.3) is 33.4 Å². The molecule has 3 aliphatic rings. The zero-order valence-corrected chi connectivity index (χ0v) is 32.3. The fraction of sp³-hybridized carbons (Fsp3) is 0.400. The van der Waals surface area contributed by atoms with Gasteiger partial charge in [0.05, 0.1) is 28.5 Å². The largest absolute Gasteiger partial charge is 0.481 e. The van der Waals surface area contributed by atoms with Gasteiger partial charge in [-0.1, -0.05) is 53.5 Å². The second-order valence-corrected chi connectivity index (χ2v) is 16.0. The number of carbonyl (C=O) groups is 1. The lowest BCUT2D eigenvalue weighted by Gasteiger charge is -2.33. The molecule has 2 fully saturated rings. The van der Waals surface area contributed by atoms with Gasteiger partial charge in [0.15, 0.2) is 5.65 Å². The molecule has 2 bridgehead atoms. The summed E-state index contributed by atoms with van der Waals surface area (Å²) in [7, 11) is 4.63. The molecule has 2 aliphatic carbocycles. The summed E-state index contributed by atoms with van der Waals surface area (Å²) in [4.78, 5) is 54.5. The molecular formula is C40H42Cl2N8O4. The summed E-state index contributed by atoms with van der Waals surface area (Å²) in [6, 6.07) is 13.4. The third kappa shape index (κ3) is 5.95. The molecule has 0 radical (unpaired) electrons. The van der Waals surface area contributed by atoms with Crippen LogP contribution in [0.15, 0.2) is 52.1 Å². The molecule has 14 heteroatoms. The normalized spacial score (nSPS) is 20.7. The maximum absolute atomic E-state index is 13.3. The minimum absolute atomic E-state index is 0.121. The van der Waals surface area contributed by atoms with Gasteiger partial charge >= 0.3 is 5.69 Å². The number of halogens is 2. The molecule has 280 valence electrons. The predicted octanol–water partition coefficient (Wildman–Crippen LogP) is 6.31. The summed E-state index contributed by atoms with van der Waals surface area (Å²) in [5.74, 6) is 1.09. The number of benzene rings is 2. The first-order valence-corrected chi connectivity index (χ1v) is 19.0. The van der Waals surface area contributed by atoms with Crippen LogP contribution in [0.3, 0.4) is 0 Å². The van der Waals surface area contributed by atoms with Crippen LogP contribution in [0, 0.1) is 17.8 Å². The molecule has 4 heterocycles. The van der Waals surface area contributed by atoms with E-state index in [1.54, 1.807) is 27.1 Å². The van der Waals surface area contributed by atoms with Crippen molar-refractivity contribution < 1.29 is 9.53 Å². The third-order valence-corrected chi connectivity index (χ3v) is 12.9. The average molecular weight is 770 g/mol. The molecule has 8 rings (SSSR count). The monoisotopic (exact) mass is 768 g/mol. The fourth-order valence-corrected chi connectivity index (χ4v) is 9.65. The van der Waals surface area contributed by atoms with Crippen molar-refractivity contribution >= 4 is 51.6 Å². The first kappa shape index (κ1) is 36.2. The van der Waals surface area contributed by atoms with E-state index in [1.807, 2.05) is 30.3 Å². The van der Waals surface area contributed by atoms with E-state index in [-0.39, 0.29) is 33.6 Å². The number of hydrogen-bond donors (Lipinski definition) is 2. The van der Waals surface area contributed by atoms with Crippen LogP contribution in [0.2, 0.25) is 10.0 Å². The standard InChI is InChI=1S/C40H42Cl2N8O4/c1-22-44-33(30-34(45-22)48(2)38(53)49(3)36(30)51)46-28-10-6-8-26(32(28)42)25-7-5-9-27(31(25)41)29-19-23-20-50(17-11-24(23)35(47-29)54-4)18-16-39-12-14-40(21-39,15-13-39)37(43)52/h5-10,19H,11-18,20-21H2,1-4H3,(H2,43,52)(H,44,45,46). The zero-order chi connectivity index (χ0) is 38.1. The highest BCUT2D eigenvalue weighted by molar-refractivity contribution is 6.39. The van der Waals surface area contributed by atoms with Gasteiger partial charge in [-0.25, -0.2) is 19.7 Å². The number of aromatic nitrogens is 5. The Morgan fingerprint density at radius 2 is 1.67 bits per heavy atom. The van der Waals surface area contributed by atoms with Crippen LogP contribution in [0.1, 0.15) is 55.5 Å². The first-order chi connectivity index (χ1) is 25.8.